The average molecular weight is 253 g/mol. The third-order valence-corrected chi connectivity index (χ3v) is 2.91. The lowest BCUT2D eigenvalue weighted by Gasteiger charge is -2.16. The summed E-state index contributed by atoms with van der Waals surface area (Å²) in [6.07, 6.45) is 3.04. The van der Waals surface area contributed by atoms with Crippen LogP contribution in [0.25, 0.3) is 0 Å². The van der Waals surface area contributed by atoms with Crippen LogP contribution in [-0.4, -0.2) is 27.9 Å². The second-order valence-corrected chi connectivity index (χ2v) is 4.12. The summed E-state index contributed by atoms with van der Waals surface area (Å²) in [7, 11) is 5.00. The Balaban J connectivity index is 2.99. The molecular formula is C14H23NO3. The van der Waals surface area contributed by atoms with Gasteiger partial charge in [0.05, 0.1) is 26.4 Å². The lowest BCUT2D eigenvalue weighted by atomic mass is 10.0. The highest BCUT2D eigenvalue weighted by atomic mass is 16.5. The van der Waals surface area contributed by atoms with Crippen molar-refractivity contribution in [1.29, 1.82) is 0 Å². The van der Waals surface area contributed by atoms with E-state index in [2.05, 4.69) is 0 Å². The molecule has 102 valence electrons. The number of unbranched alkanes of at least 4 members (excludes halogenated alkanes) is 1. The van der Waals surface area contributed by atoms with E-state index in [9.17, 15) is 0 Å². The van der Waals surface area contributed by atoms with Crippen LogP contribution < -0.4 is 15.2 Å². The molecule has 1 aromatic rings. The van der Waals surface area contributed by atoms with Crippen molar-refractivity contribution in [2.45, 2.75) is 25.9 Å². The van der Waals surface area contributed by atoms with Gasteiger partial charge in [0.2, 0.25) is 0 Å². The predicted molar refractivity (Wildman–Crippen MR) is 72.3 cm³/mol. The Hall–Kier alpha value is -1.26. The van der Waals surface area contributed by atoms with Gasteiger partial charge in [-0.3, -0.25) is 0 Å². The van der Waals surface area contributed by atoms with Crippen molar-refractivity contribution in [3.63, 3.8) is 0 Å². The zero-order chi connectivity index (χ0) is 13.4. The smallest absolute Gasteiger partial charge is 0.131 e. The predicted octanol–water partition coefficient (Wildman–Crippen LogP) is 2.13. The number of methoxy groups -OCH3 is 3. The highest BCUT2D eigenvalue weighted by Crippen LogP contribution is 2.33. The first kappa shape index (κ1) is 14.8. The lowest BCUT2D eigenvalue weighted by Crippen LogP contribution is -2.03. The monoisotopic (exact) mass is 253 g/mol. The number of rotatable bonds is 8. The number of ether oxygens (including phenoxy) is 3. The van der Waals surface area contributed by atoms with Gasteiger partial charge >= 0.3 is 0 Å². The Labute approximate surface area is 109 Å². The molecule has 0 aromatic heterocycles. The van der Waals surface area contributed by atoms with Crippen molar-refractivity contribution in [2.75, 3.05) is 27.9 Å². The van der Waals surface area contributed by atoms with E-state index < -0.39 is 0 Å². The summed E-state index contributed by atoms with van der Waals surface area (Å²) < 4.78 is 16.1. The van der Waals surface area contributed by atoms with E-state index in [1.807, 2.05) is 12.1 Å². The van der Waals surface area contributed by atoms with Crippen LogP contribution in [0.2, 0.25) is 0 Å². The summed E-state index contributed by atoms with van der Waals surface area (Å²) in [4.78, 5) is 0. The Morgan fingerprint density at radius 3 is 2.39 bits per heavy atom. The molecule has 1 aromatic carbocycles. The summed E-state index contributed by atoms with van der Waals surface area (Å²) >= 11 is 0. The maximum Gasteiger partial charge on any atom is 0.131 e. The maximum absolute atomic E-state index is 5.52. The molecule has 0 aliphatic carbocycles. The molecule has 0 bridgehead atoms. The molecule has 0 saturated heterocycles. The molecular weight excluding hydrogens is 230 g/mol. The summed E-state index contributed by atoms with van der Waals surface area (Å²) in [6, 6.07) is 4.02. The number of hydrogen-bond donors (Lipinski definition) is 1. The van der Waals surface area contributed by atoms with Crippen molar-refractivity contribution in [2.24, 2.45) is 5.73 Å². The normalized spacial score (nSPS) is 10.4. The minimum absolute atomic E-state index is 0.483. The van der Waals surface area contributed by atoms with Crippen LogP contribution in [0, 0.1) is 0 Å². The van der Waals surface area contributed by atoms with Gasteiger partial charge in [0, 0.05) is 7.11 Å². The first-order valence-electron chi connectivity index (χ1n) is 6.20. The third kappa shape index (κ3) is 3.62. The van der Waals surface area contributed by atoms with Crippen LogP contribution in [-0.2, 0) is 17.8 Å². The zero-order valence-corrected chi connectivity index (χ0v) is 11.5. The Morgan fingerprint density at radius 2 is 1.83 bits per heavy atom. The fourth-order valence-electron chi connectivity index (χ4n) is 2.04. The van der Waals surface area contributed by atoms with Crippen LogP contribution in [0.5, 0.6) is 11.5 Å². The molecule has 4 nitrogen and oxygen atoms in total. The summed E-state index contributed by atoms with van der Waals surface area (Å²) in [5.41, 5.74) is 7.66. The van der Waals surface area contributed by atoms with Gasteiger partial charge in [0.25, 0.3) is 0 Å². The van der Waals surface area contributed by atoms with Crippen molar-refractivity contribution >= 4 is 0 Å². The zero-order valence-electron chi connectivity index (χ0n) is 11.5. The molecule has 0 heterocycles. The van der Waals surface area contributed by atoms with Gasteiger partial charge in [-0.05, 0) is 37.4 Å². The third-order valence-electron chi connectivity index (χ3n) is 2.91. The number of nitrogens with two attached hydrogens (primary N) is 1. The van der Waals surface area contributed by atoms with Crippen molar-refractivity contribution in [3.05, 3.63) is 23.3 Å². The summed E-state index contributed by atoms with van der Waals surface area (Å²) in [6.45, 7) is 1.21. The molecule has 0 spiro atoms. The van der Waals surface area contributed by atoms with Gasteiger partial charge < -0.3 is 19.9 Å². The fraction of sp³-hybridized carbons (Fsp3) is 0.571. The molecule has 0 aliphatic heterocycles. The second-order valence-electron chi connectivity index (χ2n) is 4.12. The highest BCUT2D eigenvalue weighted by Gasteiger charge is 2.14. The van der Waals surface area contributed by atoms with Crippen LogP contribution >= 0.6 is 0 Å². The molecule has 4 heteroatoms. The lowest BCUT2D eigenvalue weighted by molar-refractivity contribution is 0.178. The number of hydrogen-bond acceptors (Lipinski definition) is 4. The van der Waals surface area contributed by atoms with Crippen LogP contribution in [0.1, 0.15) is 24.0 Å². The second kappa shape index (κ2) is 7.95. The van der Waals surface area contributed by atoms with Gasteiger partial charge in [-0.25, -0.2) is 0 Å². The molecule has 0 atom stereocenters. The van der Waals surface area contributed by atoms with Gasteiger partial charge in [-0.2, -0.15) is 0 Å². The van der Waals surface area contributed by atoms with Crippen LogP contribution in [0.3, 0.4) is 0 Å². The summed E-state index contributed by atoms with van der Waals surface area (Å²) in [5.74, 6) is 1.67. The average Bonchev–Trinajstić information content (AvgIpc) is 2.39. The Bertz CT molecular complexity index is 366. The quantitative estimate of drug-likeness (QED) is 0.721. The van der Waals surface area contributed by atoms with E-state index in [0.29, 0.717) is 6.61 Å². The Kier molecular flexibility index (Phi) is 6.54. The van der Waals surface area contributed by atoms with Crippen molar-refractivity contribution < 1.29 is 14.2 Å². The van der Waals surface area contributed by atoms with E-state index in [-0.39, 0.29) is 0 Å². The minimum atomic E-state index is 0.483. The molecule has 0 amide bonds. The van der Waals surface area contributed by atoms with Crippen molar-refractivity contribution in [1.82, 2.24) is 0 Å². The van der Waals surface area contributed by atoms with E-state index in [1.165, 1.54) is 5.56 Å². The van der Waals surface area contributed by atoms with Crippen molar-refractivity contribution in [3.8, 4) is 11.5 Å². The molecule has 0 aliphatic rings. The number of aryl methyl sites for hydroxylation is 1. The fourth-order valence-corrected chi connectivity index (χ4v) is 2.04. The van der Waals surface area contributed by atoms with Gasteiger partial charge in [0.1, 0.15) is 11.5 Å². The minimum Gasteiger partial charge on any atom is -0.496 e. The molecule has 0 unspecified atom stereocenters. The number of benzene rings is 1. The SMILES string of the molecule is COCc1c(OC)ccc(CCCCN)c1OC. The van der Waals surface area contributed by atoms with Gasteiger partial charge in [-0.15, -0.1) is 0 Å². The molecule has 1 rings (SSSR count). The molecule has 0 radical (unpaired) electrons. The standard InChI is InChI=1S/C14H23NO3/c1-16-10-12-13(17-2)8-7-11(14(12)18-3)6-4-5-9-15/h7-8H,4-6,9-10,15H2,1-3H3. The highest BCUT2D eigenvalue weighted by molar-refractivity contribution is 5.50. The molecule has 2 N–H and O–H groups in total. The first-order valence-corrected chi connectivity index (χ1v) is 6.20. The van der Waals surface area contributed by atoms with E-state index >= 15 is 0 Å². The van der Waals surface area contributed by atoms with E-state index in [4.69, 9.17) is 19.9 Å². The largest absolute Gasteiger partial charge is 0.496 e. The summed E-state index contributed by atoms with van der Waals surface area (Å²) in [5, 5.41) is 0. The molecule has 0 fully saturated rings. The van der Waals surface area contributed by atoms with E-state index in [1.54, 1.807) is 21.3 Å². The van der Waals surface area contributed by atoms with E-state index in [0.717, 1.165) is 42.9 Å². The Morgan fingerprint density at radius 1 is 1.06 bits per heavy atom. The van der Waals surface area contributed by atoms with Gasteiger partial charge in [0.15, 0.2) is 0 Å². The topological polar surface area (TPSA) is 53.7 Å². The van der Waals surface area contributed by atoms with Gasteiger partial charge in [-0.1, -0.05) is 6.07 Å². The maximum atomic E-state index is 5.52. The molecule has 0 saturated carbocycles. The molecule has 18 heavy (non-hydrogen) atoms. The van der Waals surface area contributed by atoms with Crippen LogP contribution in [0.4, 0.5) is 0 Å². The first-order chi connectivity index (χ1) is 8.78. The van der Waals surface area contributed by atoms with Crippen LogP contribution in [0.15, 0.2) is 12.1 Å².